The van der Waals surface area contributed by atoms with Crippen LogP contribution in [0.25, 0.3) is 10.6 Å². The van der Waals surface area contributed by atoms with E-state index in [2.05, 4.69) is 23.2 Å². The Hall–Kier alpha value is -1.79. The molecule has 6 heteroatoms. The Morgan fingerprint density at radius 3 is 2.72 bits per heavy atom. The lowest BCUT2D eigenvalue weighted by Gasteiger charge is -2.27. The number of amides is 1. The second-order valence-corrected chi connectivity index (χ2v) is 7.48. The zero-order chi connectivity index (χ0) is 17.6. The average molecular weight is 359 g/mol. The third-order valence-corrected chi connectivity index (χ3v) is 5.74. The van der Waals surface area contributed by atoms with E-state index < -0.39 is 0 Å². The van der Waals surface area contributed by atoms with Crippen LogP contribution in [0.3, 0.4) is 0 Å². The summed E-state index contributed by atoms with van der Waals surface area (Å²) in [5, 5.41) is 10.2. The number of anilines is 1. The van der Waals surface area contributed by atoms with Gasteiger partial charge in [-0.05, 0) is 25.3 Å². The third kappa shape index (κ3) is 4.25. The van der Waals surface area contributed by atoms with Crippen molar-refractivity contribution >= 4 is 22.4 Å². The van der Waals surface area contributed by atoms with Crippen LogP contribution in [0.4, 0.5) is 5.13 Å². The molecule has 0 bridgehead atoms. The summed E-state index contributed by atoms with van der Waals surface area (Å²) in [5.41, 5.74) is 2.23. The van der Waals surface area contributed by atoms with Crippen molar-refractivity contribution in [3.05, 3.63) is 29.8 Å². The molecule has 1 aliphatic carbocycles. The van der Waals surface area contributed by atoms with Crippen molar-refractivity contribution < 1.29 is 9.53 Å². The zero-order valence-electron chi connectivity index (χ0n) is 14.9. The van der Waals surface area contributed by atoms with E-state index in [1.54, 1.807) is 12.0 Å². The average Bonchev–Trinajstić information content (AvgIpc) is 3.12. The second-order valence-electron chi connectivity index (χ2n) is 6.52. The Morgan fingerprint density at radius 1 is 1.24 bits per heavy atom. The number of ether oxygens (including phenoxy) is 1. The van der Waals surface area contributed by atoms with Crippen molar-refractivity contribution in [2.24, 2.45) is 5.92 Å². The van der Waals surface area contributed by atoms with Gasteiger partial charge >= 0.3 is 0 Å². The lowest BCUT2D eigenvalue weighted by molar-refractivity contribution is -0.123. The van der Waals surface area contributed by atoms with Crippen molar-refractivity contribution in [2.75, 3.05) is 25.2 Å². The predicted octanol–water partition coefficient (Wildman–Crippen LogP) is 4.07. The number of aryl methyl sites for hydroxylation is 1. The first kappa shape index (κ1) is 18.0. The summed E-state index contributed by atoms with van der Waals surface area (Å²) in [5.74, 6) is 0.278. The van der Waals surface area contributed by atoms with Gasteiger partial charge in [0.05, 0.1) is 13.2 Å². The molecular weight excluding hydrogens is 334 g/mol. The fourth-order valence-electron chi connectivity index (χ4n) is 3.30. The SMILES string of the molecule is COCCN(C(=O)C1CCCCC1)c1nnc(-c2ccccc2C)s1. The van der Waals surface area contributed by atoms with E-state index in [-0.39, 0.29) is 11.8 Å². The molecule has 0 atom stereocenters. The van der Waals surface area contributed by atoms with Crippen LogP contribution in [0.5, 0.6) is 0 Å². The number of hydrogen-bond acceptors (Lipinski definition) is 5. The van der Waals surface area contributed by atoms with Gasteiger partial charge in [0.2, 0.25) is 11.0 Å². The molecule has 0 spiro atoms. The number of aromatic nitrogens is 2. The van der Waals surface area contributed by atoms with Crippen LogP contribution in [0, 0.1) is 12.8 Å². The van der Waals surface area contributed by atoms with Gasteiger partial charge in [-0.3, -0.25) is 9.69 Å². The Bertz CT molecular complexity index is 710. The van der Waals surface area contributed by atoms with Crippen LogP contribution in [0.2, 0.25) is 0 Å². The summed E-state index contributed by atoms with van der Waals surface area (Å²) in [6, 6.07) is 8.12. The van der Waals surface area contributed by atoms with Crippen LogP contribution in [-0.2, 0) is 9.53 Å². The highest BCUT2D eigenvalue weighted by Gasteiger charge is 2.29. The maximum atomic E-state index is 13.0. The Morgan fingerprint density at radius 2 is 2.00 bits per heavy atom. The summed E-state index contributed by atoms with van der Waals surface area (Å²) in [6.45, 7) is 3.08. The van der Waals surface area contributed by atoms with Gasteiger partial charge in [0.15, 0.2) is 0 Å². The van der Waals surface area contributed by atoms with Crippen molar-refractivity contribution in [3.8, 4) is 10.6 Å². The van der Waals surface area contributed by atoms with Crippen LogP contribution in [0.15, 0.2) is 24.3 Å². The molecule has 25 heavy (non-hydrogen) atoms. The van der Waals surface area contributed by atoms with E-state index in [1.807, 2.05) is 18.2 Å². The Balaban J connectivity index is 1.84. The molecule has 1 aromatic carbocycles. The number of methoxy groups -OCH3 is 1. The summed E-state index contributed by atoms with van der Waals surface area (Å²) >= 11 is 1.48. The van der Waals surface area contributed by atoms with Crippen molar-refractivity contribution in [1.29, 1.82) is 0 Å². The molecule has 1 fully saturated rings. The fourth-order valence-corrected chi connectivity index (χ4v) is 4.27. The molecule has 1 amide bonds. The molecule has 1 heterocycles. The predicted molar refractivity (Wildman–Crippen MR) is 101 cm³/mol. The van der Waals surface area contributed by atoms with Crippen LogP contribution >= 0.6 is 11.3 Å². The largest absolute Gasteiger partial charge is 0.383 e. The third-order valence-electron chi connectivity index (χ3n) is 4.76. The van der Waals surface area contributed by atoms with Gasteiger partial charge < -0.3 is 4.74 Å². The lowest BCUT2D eigenvalue weighted by atomic mass is 9.88. The van der Waals surface area contributed by atoms with Gasteiger partial charge in [0, 0.05) is 18.6 Å². The van der Waals surface area contributed by atoms with E-state index in [9.17, 15) is 4.79 Å². The monoisotopic (exact) mass is 359 g/mol. The summed E-state index contributed by atoms with van der Waals surface area (Å²) in [6.07, 6.45) is 5.47. The maximum Gasteiger partial charge on any atom is 0.232 e. The number of rotatable bonds is 6. The number of carbonyl (C=O) groups excluding carboxylic acids is 1. The van der Waals surface area contributed by atoms with Crippen LogP contribution in [0.1, 0.15) is 37.7 Å². The number of carbonyl (C=O) groups is 1. The molecule has 1 aliphatic rings. The minimum absolute atomic E-state index is 0.108. The van der Waals surface area contributed by atoms with Crippen molar-refractivity contribution in [2.45, 2.75) is 39.0 Å². The van der Waals surface area contributed by atoms with E-state index in [0.717, 1.165) is 41.8 Å². The van der Waals surface area contributed by atoms with E-state index in [0.29, 0.717) is 18.3 Å². The first-order valence-electron chi connectivity index (χ1n) is 8.90. The van der Waals surface area contributed by atoms with Crippen LogP contribution in [-0.4, -0.2) is 36.4 Å². The summed E-state index contributed by atoms with van der Waals surface area (Å²) in [7, 11) is 1.65. The molecule has 0 aliphatic heterocycles. The molecule has 1 aromatic heterocycles. The van der Waals surface area contributed by atoms with Gasteiger partial charge in [-0.2, -0.15) is 0 Å². The van der Waals surface area contributed by atoms with Gasteiger partial charge in [-0.1, -0.05) is 54.9 Å². The molecule has 0 unspecified atom stereocenters. The number of hydrogen-bond donors (Lipinski definition) is 0. The highest BCUT2D eigenvalue weighted by molar-refractivity contribution is 7.18. The van der Waals surface area contributed by atoms with Gasteiger partial charge in [-0.25, -0.2) is 0 Å². The number of nitrogens with zero attached hydrogens (tertiary/aromatic N) is 3. The zero-order valence-corrected chi connectivity index (χ0v) is 15.7. The fraction of sp³-hybridized carbons (Fsp3) is 0.526. The quantitative estimate of drug-likeness (QED) is 0.780. The van der Waals surface area contributed by atoms with Crippen molar-refractivity contribution in [3.63, 3.8) is 0 Å². The van der Waals surface area contributed by atoms with Gasteiger partial charge in [-0.15, -0.1) is 10.2 Å². The standard InChI is InChI=1S/C19H25N3O2S/c1-14-8-6-7-11-16(14)17-20-21-19(25-17)22(12-13-24-2)18(23)15-9-4-3-5-10-15/h6-8,11,15H,3-5,9-10,12-13H2,1-2H3. The molecule has 0 radical (unpaired) electrons. The first-order valence-corrected chi connectivity index (χ1v) is 9.72. The normalized spacial score (nSPS) is 15.3. The maximum absolute atomic E-state index is 13.0. The van der Waals surface area contributed by atoms with Gasteiger partial charge in [0.1, 0.15) is 5.01 Å². The molecule has 0 saturated heterocycles. The molecule has 5 nitrogen and oxygen atoms in total. The van der Waals surface area contributed by atoms with Crippen LogP contribution < -0.4 is 4.90 Å². The molecule has 134 valence electrons. The molecule has 0 N–H and O–H groups in total. The second kappa shape index (κ2) is 8.54. The van der Waals surface area contributed by atoms with Crippen molar-refractivity contribution in [1.82, 2.24) is 10.2 Å². The van der Waals surface area contributed by atoms with E-state index in [4.69, 9.17) is 4.74 Å². The molecule has 1 saturated carbocycles. The summed E-state index contributed by atoms with van der Waals surface area (Å²) in [4.78, 5) is 14.8. The Kier molecular flexibility index (Phi) is 6.15. The number of benzene rings is 1. The minimum atomic E-state index is 0.108. The smallest absolute Gasteiger partial charge is 0.232 e. The lowest BCUT2D eigenvalue weighted by Crippen LogP contribution is -2.39. The minimum Gasteiger partial charge on any atom is -0.383 e. The topological polar surface area (TPSA) is 55.3 Å². The Labute approximate surface area is 153 Å². The first-order chi connectivity index (χ1) is 12.2. The van der Waals surface area contributed by atoms with E-state index in [1.165, 1.54) is 17.8 Å². The van der Waals surface area contributed by atoms with E-state index >= 15 is 0 Å². The molecular formula is C19H25N3O2S. The highest BCUT2D eigenvalue weighted by atomic mass is 32.1. The summed E-state index contributed by atoms with van der Waals surface area (Å²) < 4.78 is 5.20. The molecule has 2 aromatic rings. The highest BCUT2D eigenvalue weighted by Crippen LogP contribution is 2.33. The molecule has 3 rings (SSSR count). The van der Waals surface area contributed by atoms with Gasteiger partial charge in [0.25, 0.3) is 0 Å².